The molecule has 1 fully saturated rings. The lowest BCUT2D eigenvalue weighted by Gasteiger charge is -2.28. The molecule has 0 saturated carbocycles. The van der Waals surface area contributed by atoms with Crippen LogP contribution in [0.3, 0.4) is 0 Å². The molecular weight excluding hydrogens is 326 g/mol. The molecule has 0 atom stereocenters. The fourth-order valence-corrected chi connectivity index (χ4v) is 2.80. The highest BCUT2D eigenvalue weighted by Gasteiger charge is 2.24. The van der Waals surface area contributed by atoms with Crippen molar-refractivity contribution < 1.29 is 18.9 Å². The predicted molar refractivity (Wildman–Crippen MR) is 90.6 cm³/mol. The maximum Gasteiger partial charge on any atom is 0.293 e. The number of carbonyl (C=O) groups is 1. The van der Waals surface area contributed by atoms with Crippen LogP contribution in [0.25, 0.3) is 0 Å². The minimum Gasteiger partial charge on any atom is -0.467 e. The number of rotatable bonds is 5. The molecule has 0 N–H and O–H groups in total. The molecule has 2 heterocycles. The van der Waals surface area contributed by atoms with Gasteiger partial charge in [0, 0.05) is 31.8 Å². The average Bonchev–Trinajstić information content (AvgIpc) is 3.14. The molecule has 0 bridgehead atoms. The molecule has 0 spiro atoms. The molecule has 2 aromatic rings. The normalized spacial score (nSPS) is 14.4. The number of anilines is 1. The van der Waals surface area contributed by atoms with E-state index in [0.717, 1.165) is 0 Å². The smallest absolute Gasteiger partial charge is 0.293 e. The molecule has 132 valence electrons. The lowest BCUT2D eigenvalue weighted by Crippen LogP contribution is -2.36. The number of morpholine rings is 1. The molecule has 1 saturated heterocycles. The Morgan fingerprint density at radius 3 is 2.72 bits per heavy atom. The molecule has 1 aliphatic rings. The Hall–Kier alpha value is -2.87. The Morgan fingerprint density at radius 2 is 2.08 bits per heavy atom. The molecule has 8 heteroatoms. The second kappa shape index (κ2) is 7.35. The van der Waals surface area contributed by atoms with Crippen LogP contribution in [0.15, 0.2) is 41.0 Å². The van der Waals surface area contributed by atoms with E-state index in [1.54, 1.807) is 31.3 Å². The van der Waals surface area contributed by atoms with Crippen LogP contribution < -0.4 is 4.90 Å². The van der Waals surface area contributed by atoms with Gasteiger partial charge in [0.1, 0.15) is 11.4 Å². The summed E-state index contributed by atoms with van der Waals surface area (Å²) in [5, 5.41) is 11.5. The van der Waals surface area contributed by atoms with E-state index >= 15 is 0 Å². The Kier molecular flexibility index (Phi) is 4.99. The first-order valence-corrected chi connectivity index (χ1v) is 7.95. The quantitative estimate of drug-likeness (QED) is 0.610. The summed E-state index contributed by atoms with van der Waals surface area (Å²) in [6, 6.07) is 8.12. The average molecular weight is 345 g/mol. The highest BCUT2D eigenvalue weighted by molar-refractivity contribution is 5.95. The minimum absolute atomic E-state index is 0.0702. The predicted octanol–water partition coefficient (Wildman–Crippen LogP) is 2.30. The first-order chi connectivity index (χ1) is 12.1. The number of hydrogen-bond acceptors (Lipinski definition) is 6. The SMILES string of the molecule is CN(Cc1ccco1)C(=O)c1ccc(N2CCOCC2)c([N+](=O)[O-])c1. The minimum atomic E-state index is -0.450. The van der Waals surface area contributed by atoms with Crippen molar-refractivity contribution in [3.63, 3.8) is 0 Å². The van der Waals surface area contributed by atoms with Crippen LogP contribution in [-0.4, -0.2) is 49.1 Å². The third kappa shape index (κ3) is 3.80. The largest absolute Gasteiger partial charge is 0.467 e. The number of nitro benzene ring substituents is 1. The summed E-state index contributed by atoms with van der Waals surface area (Å²) in [5.74, 6) is 0.350. The maximum atomic E-state index is 12.6. The molecule has 0 unspecified atom stereocenters. The van der Waals surface area contributed by atoms with Crippen LogP contribution in [0.1, 0.15) is 16.1 Å². The first-order valence-electron chi connectivity index (χ1n) is 7.95. The number of amides is 1. The number of hydrogen-bond donors (Lipinski definition) is 0. The fraction of sp³-hybridized carbons (Fsp3) is 0.353. The number of carbonyl (C=O) groups excluding carboxylic acids is 1. The zero-order chi connectivity index (χ0) is 17.8. The Bertz CT molecular complexity index is 754. The number of furan rings is 1. The van der Waals surface area contributed by atoms with Crippen molar-refractivity contribution in [3.05, 3.63) is 58.0 Å². The van der Waals surface area contributed by atoms with Crippen molar-refractivity contribution in [2.24, 2.45) is 0 Å². The van der Waals surface area contributed by atoms with E-state index < -0.39 is 4.92 Å². The van der Waals surface area contributed by atoms with Crippen molar-refractivity contribution in [3.8, 4) is 0 Å². The second-order valence-electron chi connectivity index (χ2n) is 5.80. The van der Waals surface area contributed by atoms with E-state index in [-0.39, 0.29) is 17.2 Å². The number of ether oxygens (including phenoxy) is 1. The maximum absolute atomic E-state index is 12.6. The Morgan fingerprint density at radius 1 is 1.32 bits per heavy atom. The van der Waals surface area contributed by atoms with E-state index in [2.05, 4.69) is 0 Å². The molecule has 1 amide bonds. The van der Waals surface area contributed by atoms with Crippen molar-refractivity contribution >= 4 is 17.3 Å². The Balaban J connectivity index is 1.83. The van der Waals surface area contributed by atoms with Crippen LogP contribution >= 0.6 is 0 Å². The van der Waals surface area contributed by atoms with E-state index in [9.17, 15) is 14.9 Å². The van der Waals surface area contributed by atoms with Crippen molar-refractivity contribution in [2.45, 2.75) is 6.54 Å². The second-order valence-corrected chi connectivity index (χ2v) is 5.80. The summed E-state index contributed by atoms with van der Waals surface area (Å²) < 4.78 is 10.5. The van der Waals surface area contributed by atoms with Gasteiger partial charge < -0.3 is 19.0 Å². The zero-order valence-electron chi connectivity index (χ0n) is 13.9. The van der Waals surface area contributed by atoms with Gasteiger partial charge in [-0.2, -0.15) is 0 Å². The van der Waals surface area contributed by atoms with Gasteiger partial charge in [-0.25, -0.2) is 0 Å². The first kappa shape index (κ1) is 17.0. The van der Waals surface area contributed by atoms with Crippen molar-refractivity contribution in [1.82, 2.24) is 4.90 Å². The van der Waals surface area contributed by atoms with Gasteiger partial charge in [0.2, 0.25) is 0 Å². The summed E-state index contributed by atoms with van der Waals surface area (Å²) in [6.07, 6.45) is 1.54. The molecule has 1 aromatic carbocycles. The van der Waals surface area contributed by atoms with Crippen molar-refractivity contribution in [1.29, 1.82) is 0 Å². The lowest BCUT2D eigenvalue weighted by molar-refractivity contribution is -0.384. The number of nitrogens with zero attached hydrogens (tertiary/aromatic N) is 3. The van der Waals surface area contributed by atoms with Gasteiger partial charge in [0.25, 0.3) is 11.6 Å². The molecule has 1 aliphatic heterocycles. The molecule has 1 aromatic heterocycles. The van der Waals surface area contributed by atoms with Crippen molar-refractivity contribution in [2.75, 3.05) is 38.3 Å². The van der Waals surface area contributed by atoms with Crippen LogP contribution in [0.5, 0.6) is 0 Å². The summed E-state index contributed by atoms with van der Waals surface area (Å²) in [7, 11) is 1.63. The monoisotopic (exact) mass is 345 g/mol. The van der Waals surface area contributed by atoms with Crippen LogP contribution in [0.4, 0.5) is 11.4 Å². The lowest BCUT2D eigenvalue weighted by atomic mass is 10.1. The number of nitro groups is 1. The Labute approximate surface area is 144 Å². The molecular formula is C17H19N3O5. The van der Waals surface area contributed by atoms with Gasteiger partial charge >= 0.3 is 0 Å². The summed E-state index contributed by atoms with van der Waals surface area (Å²) in [4.78, 5) is 27.0. The van der Waals surface area contributed by atoms with Gasteiger partial charge in [0.05, 0.1) is 30.9 Å². The van der Waals surface area contributed by atoms with Crippen LogP contribution in [0.2, 0.25) is 0 Å². The molecule has 25 heavy (non-hydrogen) atoms. The van der Waals surface area contributed by atoms with Crippen LogP contribution in [-0.2, 0) is 11.3 Å². The molecule has 8 nitrogen and oxygen atoms in total. The standard InChI is InChI=1S/C17H19N3O5/c1-18(12-14-3-2-8-25-14)17(21)13-4-5-15(16(11-13)20(22)23)19-6-9-24-10-7-19/h2-5,8,11H,6-7,9-10,12H2,1H3. The van der Waals surface area contributed by atoms with E-state index in [4.69, 9.17) is 9.15 Å². The van der Waals surface area contributed by atoms with Crippen LogP contribution in [0, 0.1) is 10.1 Å². The van der Waals surface area contributed by atoms with E-state index in [0.29, 0.717) is 44.3 Å². The summed E-state index contributed by atoms with van der Waals surface area (Å²) in [5.41, 5.74) is 0.718. The van der Waals surface area contributed by atoms with Gasteiger partial charge in [-0.05, 0) is 24.3 Å². The van der Waals surface area contributed by atoms with E-state index in [1.807, 2.05) is 4.90 Å². The van der Waals surface area contributed by atoms with Gasteiger partial charge in [-0.1, -0.05) is 0 Å². The summed E-state index contributed by atoms with van der Waals surface area (Å²) >= 11 is 0. The number of benzene rings is 1. The summed E-state index contributed by atoms with van der Waals surface area (Å²) in [6.45, 7) is 2.54. The molecule has 3 rings (SSSR count). The third-order valence-corrected chi connectivity index (χ3v) is 4.09. The third-order valence-electron chi connectivity index (χ3n) is 4.09. The zero-order valence-corrected chi connectivity index (χ0v) is 13.9. The fourth-order valence-electron chi connectivity index (χ4n) is 2.80. The van der Waals surface area contributed by atoms with Gasteiger partial charge in [-0.15, -0.1) is 0 Å². The van der Waals surface area contributed by atoms with Gasteiger partial charge in [-0.3, -0.25) is 14.9 Å². The van der Waals surface area contributed by atoms with E-state index in [1.165, 1.54) is 17.2 Å². The molecule has 0 radical (unpaired) electrons. The highest BCUT2D eigenvalue weighted by atomic mass is 16.6. The molecule has 0 aliphatic carbocycles. The van der Waals surface area contributed by atoms with Gasteiger partial charge in [0.15, 0.2) is 0 Å². The topological polar surface area (TPSA) is 89.1 Å². The highest BCUT2D eigenvalue weighted by Crippen LogP contribution is 2.30.